The van der Waals surface area contributed by atoms with E-state index in [4.69, 9.17) is 0 Å². The molecule has 0 radical (unpaired) electrons. The average Bonchev–Trinajstić information content (AvgIpc) is 3.18. The van der Waals surface area contributed by atoms with E-state index < -0.39 is 5.25 Å². The molecule has 1 aromatic heterocycles. The number of benzene rings is 2. The van der Waals surface area contributed by atoms with Crippen molar-refractivity contribution in [2.45, 2.75) is 37.3 Å². The first-order valence-electron chi connectivity index (χ1n) is 9.96. The standard InChI is InChI=1S/C23H26N6OS/c1-4-15-29-21(16-24-20-13-9-6-10-14-20)26-28-23(29)31-18(3)22(30)27-25-17(2)19-11-7-5-8-12-19/h4-14,18,24H,1,15-16H2,2-3H3,(H,27,30)/b25-17+/t18-/m1/s1. The topological polar surface area (TPSA) is 84.2 Å². The van der Waals surface area contributed by atoms with Gasteiger partial charge in [-0.05, 0) is 31.5 Å². The van der Waals surface area contributed by atoms with E-state index in [1.165, 1.54) is 11.8 Å². The molecule has 0 spiro atoms. The Morgan fingerprint density at radius 2 is 1.84 bits per heavy atom. The Labute approximate surface area is 186 Å². The molecule has 8 heteroatoms. The van der Waals surface area contributed by atoms with Crippen LogP contribution >= 0.6 is 11.8 Å². The van der Waals surface area contributed by atoms with Crippen LogP contribution in [0.3, 0.4) is 0 Å². The van der Waals surface area contributed by atoms with E-state index in [-0.39, 0.29) is 5.91 Å². The van der Waals surface area contributed by atoms with Gasteiger partial charge in [0.1, 0.15) is 0 Å². The maximum atomic E-state index is 12.5. The van der Waals surface area contributed by atoms with Gasteiger partial charge in [-0.1, -0.05) is 66.4 Å². The van der Waals surface area contributed by atoms with Gasteiger partial charge in [-0.25, -0.2) is 5.43 Å². The van der Waals surface area contributed by atoms with Crippen LogP contribution in [-0.2, 0) is 17.9 Å². The van der Waals surface area contributed by atoms with Crippen molar-refractivity contribution in [3.05, 3.63) is 84.7 Å². The molecule has 0 fully saturated rings. The fourth-order valence-electron chi connectivity index (χ4n) is 2.77. The summed E-state index contributed by atoms with van der Waals surface area (Å²) in [5.41, 5.74) is 5.36. The van der Waals surface area contributed by atoms with Gasteiger partial charge in [0.15, 0.2) is 11.0 Å². The highest BCUT2D eigenvalue weighted by Gasteiger charge is 2.19. The van der Waals surface area contributed by atoms with Crippen LogP contribution in [0.2, 0.25) is 0 Å². The maximum Gasteiger partial charge on any atom is 0.253 e. The van der Waals surface area contributed by atoms with Crippen molar-refractivity contribution < 1.29 is 4.79 Å². The van der Waals surface area contributed by atoms with Gasteiger partial charge in [0.25, 0.3) is 5.91 Å². The molecule has 160 valence electrons. The number of rotatable bonds is 10. The molecule has 0 aliphatic carbocycles. The molecule has 2 N–H and O–H groups in total. The molecule has 0 aliphatic heterocycles. The predicted octanol–water partition coefficient (Wildman–Crippen LogP) is 4.10. The second-order valence-corrected chi connectivity index (χ2v) is 8.12. The Morgan fingerprint density at radius 1 is 1.16 bits per heavy atom. The minimum atomic E-state index is -0.393. The number of para-hydroxylation sites is 1. The van der Waals surface area contributed by atoms with Crippen molar-refractivity contribution in [1.29, 1.82) is 0 Å². The van der Waals surface area contributed by atoms with E-state index in [1.54, 1.807) is 6.08 Å². The number of hydrogen-bond acceptors (Lipinski definition) is 6. The molecule has 0 aliphatic rings. The monoisotopic (exact) mass is 434 g/mol. The lowest BCUT2D eigenvalue weighted by atomic mass is 10.1. The minimum absolute atomic E-state index is 0.197. The first kappa shape index (κ1) is 22.3. The van der Waals surface area contributed by atoms with Gasteiger partial charge in [0.05, 0.1) is 17.5 Å². The van der Waals surface area contributed by atoms with Crippen LogP contribution in [0.25, 0.3) is 0 Å². The van der Waals surface area contributed by atoms with Crippen molar-refractivity contribution in [3.63, 3.8) is 0 Å². The summed E-state index contributed by atoms with van der Waals surface area (Å²) in [5.74, 6) is 0.578. The molecule has 0 bridgehead atoms. The molecule has 0 saturated heterocycles. The summed E-state index contributed by atoms with van der Waals surface area (Å²) >= 11 is 1.34. The summed E-state index contributed by atoms with van der Waals surface area (Å²) in [7, 11) is 0. The lowest BCUT2D eigenvalue weighted by molar-refractivity contribution is -0.120. The van der Waals surface area contributed by atoms with Gasteiger partial charge >= 0.3 is 0 Å². The summed E-state index contributed by atoms with van der Waals surface area (Å²) in [4.78, 5) is 12.5. The second kappa shape index (κ2) is 11.1. The fourth-order valence-corrected chi connectivity index (χ4v) is 3.64. The zero-order valence-corrected chi connectivity index (χ0v) is 18.5. The van der Waals surface area contributed by atoms with Gasteiger partial charge in [-0.15, -0.1) is 16.8 Å². The van der Waals surface area contributed by atoms with Gasteiger partial charge in [0, 0.05) is 12.2 Å². The Hall–Kier alpha value is -3.39. The molecule has 1 amide bonds. The average molecular weight is 435 g/mol. The number of thioether (sulfide) groups is 1. The molecule has 0 saturated carbocycles. The predicted molar refractivity (Wildman–Crippen MR) is 126 cm³/mol. The number of hydrazone groups is 1. The lowest BCUT2D eigenvalue weighted by Gasteiger charge is -2.12. The smallest absolute Gasteiger partial charge is 0.253 e. The largest absolute Gasteiger partial charge is 0.378 e. The molecule has 1 heterocycles. The van der Waals surface area contributed by atoms with Crippen molar-refractivity contribution in [2.75, 3.05) is 5.32 Å². The third-order valence-corrected chi connectivity index (χ3v) is 5.59. The zero-order valence-electron chi connectivity index (χ0n) is 17.7. The van der Waals surface area contributed by atoms with Crippen LogP contribution in [0.1, 0.15) is 25.2 Å². The minimum Gasteiger partial charge on any atom is -0.378 e. The zero-order chi connectivity index (χ0) is 22.1. The first-order chi connectivity index (χ1) is 15.1. The molecule has 2 aromatic carbocycles. The van der Waals surface area contributed by atoms with E-state index in [0.717, 1.165) is 22.8 Å². The summed E-state index contributed by atoms with van der Waals surface area (Å²) in [5, 5.41) is 16.4. The van der Waals surface area contributed by atoms with Gasteiger partial charge in [-0.2, -0.15) is 5.10 Å². The van der Waals surface area contributed by atoms with Crippen LogP contribution in [-0.4, -0.2) is 31.6 Å². The fraction of sp³-hybridized carbons (Fsp3) is 0.217. The molecule has 31 heavy (non-hydrogen) atoms. The SMILES string of the molecule is C=CCn1c(CNc2ccccc2)nnc1S[C@H](C)C(=O)N/N=C(\C)c1ccccc1. The first-order valence-corrected chi connectivity index (χ1v) is 10.8. The van der Waals surface area contributed by atoms with Crippen molar-refractivity contribution >= 4 is 29.1 Å². The lowest BCUT2D eigenvalue weighted by Crippen LogP contribution is -2.28. The van der Waals surface area contributed by atoms with Gasteiger partial charge < -0.3 is 9.88 Å². The molecular formula is C23H26N6OS. The summed E-state index contributed by atoms with van der Waals surface area (Å²) in [6, 6.07) is 19.6. The Balaban J connectivity index is 1.63. The van der Waals surface area contributed by atoms with E-state index in [0.29, 0.717) is 18.2 Å². The number of nitrogens with one attached hydrogen (secondary N) is 2. The number of carbonyl (C=O) groups is 1. The van der Waals surface area contributed by atoms with E-state index in [1.807, 2.05) is 79.1 Å². The van der Waals surface area contributed by atoms with E-state index in [2.05, 4.69) is 32.6 Å². The van der Waals surface area contributed by atoms with Gasteiger partial charge in [0.2, 0.25) is 0 Å². The van der Waals surface area contributed by atoms with Crippen molar-refractivity contribution in [1.82, 2.24) is 20.2 Å². The third-order valence-electron chi connectivity index (χ3n) is 4.51. The number of nitrogens with zero attached hydrogens (tertiary/aromatic N) is 4. The van der Waals surface area contributed by atoms with E-state index >= 15 is 0 Å². The van der Waals surface area contributed by atoms with Gasteiger partial charge in [-0.3, -0.25) is 4.79 Å². The summed E-state index contributed by atoms with van der Waals surface area (Å²) < 4.78 is 1.95. The number of aromatic nitrogens is 3. The molecule has 0 unspecified atom stereocenters. The number of carbonyl (C=O) groups excluding carboxylic acids is 1. The number of anilines is 1. The van der Waals surface area contributed by atoms with Crippen LogP contribution in [0, 0.1) is 0 Å². The second-order valence-electron chi connectivity index (χ2n) is 6.82. The van der Waals surface area contributed by atoms with Crippen LogP contribution in [0.15, 0.2) is 83.6 Å². The Bertz CT molecular complexity index is 1030. The molecule has 3 rings (SSSR count). The summed E-state index contributed by atoms with van der Waals surface area (Å²) in [6.07, 6.45) is 1.79. The number of allylic oxidation sites excluding steroid dienone is 1. The van der Waals surface area contributed by atoms with Crippen LogP contribution in [0.4, 0.5) is 5.69 Å². The highest BCUT2D eigenvalue weighted by Crippen LogP contribution is 2.23. The highest BCUT2D eigenvalue weighted by atomic mass is 32.2. The highest BCUT2D eigenvalue weighted by molar-refractivity contribution is 8.00. The molecular weight excluding hydrogens is 408 g/mol. The van der Waals surface area contributed by atoms with E-state index in [9.17, 15) is 4.79 Å². The van der Waals surface area contributed by atoms with Crippen LogP contribution in [0.5, 0.6) is 0 Å². The Morgan fingerprint density at radius 3 is 2.52 bits per heavy atom. The van der Waals surface area contributed by atoms with Crippen molar-refractivity contribution in [2.24, 2.45) is 5.10 Å². The summed E-state index contributed by atoms with van der Waals surface area (Å²) in [6.45, 7) is 8.58. The normalized spacial score (nSPS) is 12.3. The Kier molecular flexibility index (Phi) is 8.00. The molecule has 1 atom stereocenters. The number of hydrogen-bond donors (Lipinski definition) is 2. The quantitative estimate of drug-likeness (QED) is 0.217. The maximum absolute atomic E-state index is 12.5. The van der Waals surface area contributed by atoms with Crippen LogP contribution < -0.4 is 10.7 Å². The number of amides is 1. The third kappa shape index (κ3) is 6.29. The molecule has 3 aromatic rings. The van der Waals surface area contributed by atoms with Crippen molar-refractivity contribution in [3.8, 4) is 0 Å². The molecule has 7 nitrogen and oxygen atoms in total.